The highest BCUT2D eigenvalue weighted by Gasteiger charge is 2.39. The maximum absolute atomic E-state index is 14.3. The molecule has 210 valence electrons. The first-order chi connectivity index (χ1) is 19.1. The summed E-state index contributed by atoms with van der Waals surface area (Å²) >= 11 is 0. The number of alkyl halides is 3. The van der Waals surface area contributed by atoms with Crippen LogP contribution in [-0.4, -0.2) is 70.2 Å². The van der Waals surface area contributed by atoms with Gasteiger partial charge in [-0.1, -0.05) is 12.1 Å². The second-order valence-corrected chi connectivity index (χ2v) is 9.89. The quantitative estimate of drug-likeness (QED) is 0.332. The third kappa shape index (κ3) is 5.21. The van der Waals surface area contributed by atoms with Crippen molar-refractivity contribution in [3.05, 3.63) is 77.1 Å². The van der Waals surface area contributed by atoms with Crippen LogP contribution in [0.5, 0.6) is 11.5 Å². The molecule has 1 saturated heterocycles. The van der Waals surface area contributed by atoms with E-state index in [1.807, 2.05) is 31.2 Å². The van der Waals surface area contributed by atoms with E-state index in [-0.39, 0.29) is 28.5 Å². The summed E-state index contributed by atoms with van der Waals surface area (Å²) in [6.07, 6.45) is -3.52. The lowest BCUT2D eigenvalue weighted by Gasteiger charge is -2.39. The van der Waals surface area contributed by atoms with Crippen LogP contribution in [0.15, 0.2) is 54.7 Å². The zero-order valence-corrected chi connectivity index (χ0v) is 22.7. The molecule has 0 N–H and O–H groups in total. The van der Waals surface area contributed by atoms with E-state index in [9.17, 15) is 18.0 Å². The molecule has 0 unspecified atom stereocenters. The van der Waals surface area contributed by atoms with Gasteiger partial charge in [-0.25, -0.2) is 9.50 Å². The second-order valence-electron chi connectivity index (χ2n) is 9.89. The number of hydrogen-bond donors (Lipinski definition) is 0. The molecule has 0 saturated carbocycles. The molecule has 0 radical (unpaired) electrons. The van der Waals surface area contributed by atoms with Crippen molar-refractivity contribution in [3.8, 4) is 22.8 Å². The average Bonchev–Trinajstić information content (AvgIpc) is 3.35. The van der Waals surface area contributed by atoms with Crippen LogP contribution in [0.2, 0.25) is 0 Å². The minimum Gasteiger partial charge on any atom is -0.497 e. The standard InChI is InChI=1S/C29H30F3N5O3/c1-18-16-35(17-20-6-5-7-23(14-20)40-4)12-13-36(18)28(38)24-15-33-37-26(29(30,31)32)19(2)25(34-27(24)37)21-8-10-22(39-3)11-9-21/h5-11,14-15,18H,12-13,16-17H2,1-4H3/t18-/m1/s1. The van der Waals surface area contributed by atoms with E-state index in [1.165, 1.54) is 20.2 Å². The molecule has 1 amide bonds. The van der Waals surface area contributed by atoms with Gasteiger partial charge < -0.3 is 14.4 Å². The van der Waals surface area contributed by atoms with Gasteiger partial charge in [0.05, 0.1) is 26.1 Å². The largest absolute Gasteiger partial charge is 0.497 e. The number of benzene rings is 2. The molecule has 2 aromatic heterocycles. The maximum Gasteiger partial charge on any atom is 0.433 e. The van der Waals surface area contributed by atoms with E-state index in [4.69, 9.17) is 9.47 Å². The molecule has 40 heavy (non-hydrogen) atoms. The summed E-state index contributed by atoms with van der Waals surface area (Å²) in [7, 11) is 3.13. The van der Waals surface area contributed by atoms with Gasteiger partial charge in [-0.15, -0.1) is 0 Å². The van der Waals surface area contributed by atoms with Gasteiger partial charge in [-0.3, -0.25) is 9.69 Å². The zero-order chi connectivity index (χ0) is 28.6. The van der Waals surface area contributed by atoms with Crippen LogP contribution >= 0.6 is 0 Å². The Kier molecular flexibility index (Phi) is 7.41. The Labute approximate surface area is 229 Å². The first-order valence-electron chi connectivity index (χ1n) is 12.9. The fraction of sp³-hybridized carbons (Fsp3) is 0.345. The van der Waals surface area contributed by atoms with E-state index in [0.29, 0.717) is 37.5 Å². The van der Waals surface area contributed by atoms with Crippen LogP contribution < -0.4 is 9.47 Å². The number of carbonyl (C=O) groups excluding carboxylic acids is 1. The summed E-state index contributed by atoms with van der Waals surface area (Å²) in [6.45, 7) is 5.64. The molecule has 0 aliphatic carbocycles. The molecule has 1 fully saturated rings. The fourth-order valence-corrected chi connectivity index (χ4v) is 5.25. The van der Waals surface area contributed by atoms with E-state index in [1.54, 1.807) is 36.3 Å². The minimum absolute atomic E-state index is 0.0355. The third-order valence-electron chi connectivity index (χ3n) is 7.26. The van der Waals surface area contributed by atoms with Crippen molar-refractivity contribution < 1.29 is 27.4 Å². The number of carbonyl (C=O) groups is 1. The second kappa shape index (κ2) is 10.8. The summed E-state index contributed by atoms with van der Waals surface area (Å²) in [5.41, 5.74) is 0.580. The predicted octanol–water partition coefficient (Wildman–Crippen LogP) is 5.09. The number of rotatable bonds is 6. The van der Waals surface area contributed by atoms with Gasteiger partial charge in [-0.2, -0.15) is 18.3 Å². The fourth-order valence-electron chi connectivity index (χ4n) is 5.25. The van der Waals surface area contributed by atoms with Crippen molar-refractivity contribution in [1.29, 1.82) is 0 Å². The van der Waals surface area contributed by atoms with Crippen LogP contribution in [0, 0.1) is 6.92 Å². The molecule has 1 atom stereocenters. The Bertz CT molecular complexity index is 1530. The molecule has 0 spiro atoms. The zero-order valence-electron chi connectivity index (χ0n) is 22.7. The molecule has 1 aliphatic rings. The molecular weight excluding hydrogens is 523 g/mol. The van der Waals surface area contributed by atoms with Crippen molar-refractivity contribution >= 4 is 11.6 Å². The molecule has 1 aliphatic heterocycles. The first-order valence-corrected chi connectivity index (χ1v) is 12.9. The van der Waals surface area contributed by atoms with Crippen LogP contribution in [0.3, 0.4) is 0 Å². The maximum atomic E-state index is 14.3. The number of methoxy groups -OCH3 is 2. The third-order valence-corrected chi connectivity index (χ3v) is 7.26. The topological polar surface area (TPSA) is 72.2 Å². The number of aromatic nitrogens is 3. The van der Waals surface area contributed by atoms with Gasteiger partial charge in [0.15, 0.2) is 11.3 Å². The van der Waals surface area contributed by atoms with Crippen molar-refractivity contribution in [2.75, 3.05) is 33.9 Å². The lowest BCUT2D eigenvalue weighted by Crippen LogP contribution is -2.53. The molecule has 0 bridgehead atoms. The number of piperazine rings is 1. The smallest absolute Gasteiger partial charge is 0.433 e. The highest BCUT2D eigenvalue weighted by Crippen LogP contribution is 2.37. The lowest BCUT2D eigenvalue weighted by molar-refractivity contribution is -0.143. The number of halogens is 3. The van der Waals surface area contributed by atoms with Crippen LogP contribution in [0.4, 0.5) is 13.2 Å². The molecule has 4 aromatic rings. The highest BCUT2D eigenvalue weighted by molar-refractivity contribution is 6.00. The van der Waals surface area contributed by atoms with Gasteiger partial charge >= 0.3 is 6.18 Å². The van der Waals surface area contributed by atoms with Crippen molar-refractivity contribution in [1.82, 2.24) is 24.4 Å². The van der Waals surface area contributed by atoms with E-state index in [0.717, 1.165) is 15.8 Å². The summed E-state index contributed by atoms with van der Waals surface area (Å²) < 4.78 is 54.0. The van der Waals surface area contributed by atoms with E-state index in [2.05, 4.69) is 15.0 Å². The van der Waals surface area contributed by atoms with Crippen LogP contribution in [0.25, 0.3) is 16.9 Å². The monoisotopic (exact) mass is 553 g/mol. The summed E-state index contributed by atoms with van der Waals surface area (Å²) in [6, 6.07) is 14.3. The SMILES string of the molecule is COc1ccc(-c2nc3c(C(=O)N4CCN(Cc5cccc(OC)c5)C[C@H]4C)cnn3c(C(F)(F)F)c2C)cc1. The minimum atomic E-state index is -4.71. The van der Waals surface area contributed by atoms with E-state index < -0.39 is 17.8 Å². The van der Waals surface area contributed by atoms with E-state index >= 15 is 0 Å². The molecule has 3 heterocycles. The summed E-state index contributed by atoms with van der Waals surface area (Å²) in [4.78, 5) is 22.2. The Morgan fingerprint density at radius 1 is 1.05 bits per heavy atom. The Morgan fingerprint density at radius 3 is 2.42 bits per heavy atom. The average molecular weight is 554 g/mol. The Hall–Kier alpha value is -4.12. The lowest BCUT2D eigenvalue weighted by atomic mass is 10.0. The molecular formula is C29H30F3N5O3. The number of ether oxygens (including phenoxy) is 2. The molecule has 11 heteroatoms. The van der Waals surface area contributed by atoms with Crippen LogP contribution in [-0.2, 0) is 12.7 Å². The van der Waals surface area contributed by atoms with Crippen LogP contribution in [0.1, 0.15) is 34.1 Å². The Morgan fingerprint density at radius 2 is 1.77 bits per heavy atom. The molecule has 8 nitrogen and oxygen atoms in total. The van der Waals surface area contributed by atoms with Gasteiger partial charge in [-0.05, 0) is 55.8 Å². The number of fused-ring (bicyclic) bond motifs is 1. The summed E-state index contributed by atoms with van der Waals surface area (Å²) in [5, 5.41) is 3.98. The van der Waals surface area contributed by atoms with Gasteiger partial charge in [0.25, 0.3) is 5.91 Å². The summed E-state index contributed by atoms with van der Waals surface area (Å²) in [5.74, 6) is 0.953. The van der Waals surface area contributed by atoms with Crippen molar-refractivity contribution in [2.45, 2.75) is 32.6 Å². The predicted molar refractivity (Wildman–Crippen MR) is 143 cm³/mol. The number of amides is 1. The van der Waals surface area contributed by atoms with Gasteiger partial charge in [0.1, 0.15) is 17.1 Å². The molecule has 2 aromatic carbocycles. The number of nitrogens with zero attached hydrogens (tertiary/aromatic N) is 5. The van der Waals surface area contributed by atoms with Gasteiger partial charge in [0.2, 0.25) is 0 Å². The normalized spacial score (nSPS) is 16.4. The number of hydrogen-bond acceptors (Lipinski definition) is 6. The Balaban J connectivity index is 1.45. The van der Waals surface area contributed by atoms with Gasteiger partial charge in [0, 0.05) is 43.3 Å². The van der Waals surface area contributed by atoms with Crippen molar-refractivity contribution in [2.24, 2.45) is 0 Å². The highest BCUT2D eigenvalue weighted by atomic mass is 19.4. The first kappa shape index (κ1) is 27.4. The van der Waals surface area contributed by atoms with Crippen molar-refractivity contribution in [3.63, 3.8) is 0 Å². The molecule has 5 rings (SSSR count).